The fraction of sp³-hybridized carbons (Fsp3) is 0.438. The molecule has 0 atom stereocenters. The van der Waals surface area contributed by atoms with Crippen molar-refractivity contribution in [2.24, 2.45) is 14.1 Å². The third kappa shape index (κ3) is 9.95. The molecule has 8 heterocycles. The van der Waals surface area contributed by atoms with Gasteiger partial charge in [0.15, 0.2) is 31.3 Å². The number of alkyl halides is 9. The van der Waals surface area contributed by atoms with Crippen molar-refractivity contribution in [3.8, 4) is 34.3 Å². The minimum absolute atomic E-state index is 0.0359. The molecule has 0 aromatic carbocycles. The predicted molar refractivity (Wildman–Crippen MR) is 262 cm³/mol. The van der Waals surface area contributed by atoms with Gasteiger partial charge in [-0.2, -0.15) is 39.5 Å². The highest BCUT2D eigenvalue weighted by molar-refractivity contribution is 7.91. The van der Waals surface area contributed by atoms with Crippen molar-refractivity contribution in [3.63, 3.8) is 0 Å². The Morgan fingerprint density at radius 2 is 1.05 bits per heavy atom. The summed E-state index contributed by atoms with van der Waals surface area (Å²) >= 11 is 0. The summed E-state index contributed by atoms with van der Waals surface area (Å²) in [7, 11) is -6.04. The lowest BCUT2D eigenvalue weighted by molar-refractivity contribution is -0.144. The van der Waals surface area contributed by atoms with E-state index in [-0.39, 0.29) is 67.0 Å². The Hall–Kier alpha value is -6.46. The summed E-state index contributed by atoms with van der Waals surface area (Å²) in [5.41, 5.74) is -7.24. The number of fused-ring (bicyclic) bond motifs is 2. The maximum absolute atomic E-state index is 13.8. The summed E-state index contributed by atoms with van der Waals surface area (Å²) in [4.78, 5) is 46.7. The van der Waals surface area contributed by atoms with Gasteiger partial charge in [0.25, 0.3) is 11.1 Å². The van der Waals surface area contributed by atoms with E-state index in [1.54, 1.807) is 0 Å². The number of pyridine rings is 5. The van der Waals surface area contributed by atoms with Crippen molar-refractivity contribution in [1.29, 1.82) is 0 Å². The average Bonchev–Trinajstić information content (AvgIpc) is 4.35. The van der Waals surface area contributed by atoms with Gasteiger partial charge in [-0.3, -0.25) is 33.7 Å². The Morgan fingerprint density at radius 1 is 0.623 bits per heavy atom. The monoisotopic (exact) mass is 1120 g/mol. The number of nitrogens with zero attached hydrogens (tertiary/aromatic N) is 9. The Labute approximate surface area is 433 Å². The Kier molecular flexibility index (Phi) is 13.4. The molecule has 0 spiro atoms. The van der Waals surface area contributed by atoms with Gasteiger partial charge < -0.3 is 18.4 Å². The van der Waals surface area contributed by atoms with E-state index in [9.17, 15) is 65.9 Å². The molecule has 77 heavy (non-hydrogen) atoms. The molecule has 0 radical (unpaired) electrons. The van der Waals surface area contributed by atoms with Gasteiger partial charge in [0.2, 0.25) is 0 Å². The first-order chi connectivity index (χ1) is 35.6. The van der Waals surface area contributed by atoms with Crippen LogP contribution >= 0.6 is 0 Å². The first-order valence-corrected chi connectivity index (χ1v) is 27.2. The zero-order valence-corrected chi connectivity index (χ0v) is 43.8. The van der Waals surface area contributed by atoms with Crippen LogP contribution in [0.2, 0.25) is 0 Å². The van der Waals surface area contributed by atoms with Gasteiger partial charge in [0.05, 0.1) is 54.8 Å². The topological polar surface area (TPSA) is 205 Å². The fourth-order valence-corrected chi connectivity index (χ4v) is 11.0. The van der Waals surface area contributed by atoms with Crippen LogP contribution in [0.4, 0.5) is 39.5 Å². The van der Waals surface area contributed by atoms with Crippen LogP contribution in [-0.4, -0.2) is 89.9 Å². The number of imidazole rings is 2. The fourth-order valence-electron chi connectivity index (χ4n) is 8.88. The molecule has 29 heteroatoms. The van der Waals surface area contributed by atoms with E-state index >= 15 is 0 Å². The molecule has 3 fully saturated rings. The first-order valence-electron chi connectivity index (χ1n) is 23.9. The van der Waals surface area contributed by atoms with Crippen LogP contribution in [0.15, 0.2) is 74.4 Å². The van der Waals surface area contributed by atoms with Gasteiger partial charge in [-0.05, 0) is 89.8 Å². The van der Waals surface area contributed by atoms with E-state index in [2.05, 4.69) is 24.9 Å². The van der Waals surface area contributed by atoms with Crippen LogP contribution in [0.5, 0.6) is 0 Å². The van der Waals surface area contributed by atoms with Crippen molar-refractivity contribution in [2.45, 2.75) is 119 Å². The Morgan fingerprint density at radius 3 is 1.45 bits per heavy atom. The van der Waals surface area contributed by atoms with Crippen LogP contribution in [-0.2, 0) is 61.6 Å². The molecule has 1 aliphatic heterocycles. The second kappa shape index (κ2) is 18.6. The summed E-state index contributed by atoms with van der Waals surface area (Å²) in [5.74, 6) is -0.909. The number of hydrogen-bond acceptors (Lipinski definition) is 13. The predicted octanol–water partition coefficient (Wildman–Crippen LogP) is 8.27. The zero-order valence-electron chi connectivity index (χ0n) is 42.2. The van der Waals surface area contributed by atoms with E-state index in [1.807, 2.05) is 27.7 Å². The van der Waals surface area contributed by atoms with Gasteiger partial charge in [-0.15, -0.1) is 0 Å². The summed E-state index contributed by atoms with van der Waals surface area (Å²) in [6.45, 7) is 10.3. The number of sulfone groups is 2. The molecule has 1 saturated heterocycles. The average molecular weight is 1120 g/mol. The number of rotatable bonds is 10. The number of aryl methyl sites for hydroxylation is 2. The summed E-state index contributed by atoms with van der Waals surface area (Å²) in [5, 5.41) is 0. The molecule has 2 saturated carbocycles. The van der Waals surface area contributed by atoms with Crippen molar-refractivity contribution < 1.29 is 65.7 Å². The molecule has 17 nitrogen and oxygen atoms in total. The zero-order chi connectivity index (χ0) is 56.5. The molecular formula is C48H47BF9N9O8S2. The van der Waals surface area contributed by atoms with Crippen LogP contribution in [0, 0.1) is 0 Å². The summed E-state index contributed by atoms with van der Waals surface area (Å²) in [6.07, 6.45) is -9.08. The second-order valence-electron chi connectivity index (χ2n) is 19.8. The summed E-state index contributed by atoms with van der Waals surface area (Å²) in [6, 6.07) is 4.43. The maximum Gasteiger partial charge on any atom is 0.496 e. The summed E-state index contributed by atoms with van der Waals surface area (Å²) < 4.78 is 191. The highest BCUT2D eigenvalue weighted by Gasteiger charge is 2.52. The Bertz CT molecular complexity index is 3900. The highest BCUT2D eigenvalue weighted by Crippen LogP contribution is 2.43. The van der Waals surface area contributed by atoms with E-state index in [4.69, 9.17) is 9.31 Å². The van der Waals surface area contributed by atoms with Crippen LogP contribution < -0.4 is 16.6 Å². The van der Waals surface area contributed by atoms with Crippen LogP contribution in [0.3, 0.4) is 0 Å². The molecule has 2 aliphatic carbocycles. The van der Waals surface area contributed by atoms with E-state index in [0.29, 0.717) is 35.7 Å². The van der Waals surface area contributed by atoms with Gasteiger partial charge in [0, 0.05) is 55.8 Å². The van der Waals surface area contributed by atoms with E-state index in [1.165, 1.54) is 49.3 Å². The lowest BCUT2D eigenvalue weighted by Crippen LogP contribution is -2.41. The van der Waals surface area contributed by atoms with Crippen LogP contribution in [0.25, 0.3) is 56.4 Å². The normalized spacial score (nSPS) is 17.1. The van der Waals surface area contributed by atoms with E-state index < -0.39 is 107 Å². The van der Waals surface area contributed by atoms with Crippen molar-refractivity contribution in [3.05, 3.63) is 92.6 Å². The van der Waals surface area contributed by atoms with Crippen LogP contribution in [0.1, 0.15) is 96.3 Å². The third-order valence-electron chi connectivity index (χ3n) is 14.0. The number of halogens is 9. The third-order valence-corrected chi connectivity index (χ3v) is 17.5. The SMILES string of the molecule is CCS(=O)(=O)c1cc(-c2cc(C(F)(F)F)ccn2)cnc1-c1nc2cc(C(F)(F)F)n(C3CC3)c(=O)c2n1C.CCS(=O)(=O)c1cc(B2OC(C)(C)C(C)(C)O2)cnc1-c1nc2cc(C(F)(F)F)n(C3CC3)c(=O)c2n1C. The molecule has 410 valence electrons. The standard InChI is InChI=1S/C24H28BF3N4O5S.C24H19F6N5O3S/c1-7-38(34,35)16-10-13(25-36-22(2,3)23(4,5)37-25)12-29-18(16)20-30-15-11-17(24(26,27)28)32(14-8-9-14)21(33)19(15)31(20)6;1-3-39(37,38)17-8-12(15-9-13(6-7-31-15)23(25,26)27)11-32-19(17)21-33-16-10-18(24(28,29)30)35(14-4-5-14)22(36)20(16)34(21)2/h10-12,14H,7-9H2,1-6H3;6-11,14H,3-5H2,1-2H3. The molecule has 3 aliphatic rings. The smallest absolute Gasteiger partial charge is 0.399 e. The Balaban J connectivity index is 0.000000188. The molecule has 0 N–H and O–H groups in total. The molecule has 0 unspecified atom stereocenters. The minimum Gasteiger partial charge on any atom is -0.399 e. The largest absolute Gasteiger partial charge is 0.496 e. The molecule has 0 amide bonds. The van der Waals surface area contributed by atoms with Gasteiger partial charge >= 0.3 is 25.6 Å². The molecule has 7 aromatic heterocycles. The molecule has 10 rings (SSSR count). The van der Waals surface area contributed by atoms with Crippen molar-refractivity contribution in [1.82, 2.24) is 43.2 Å². The van der Waals surface area contributed by atoms with Gasteiger partial charge in [-0.1, -0.05) is 13.8 Å². The van der Waals surface area contributed by atoms with Crippen molar-refractivity contribution >= 4 is 54.3 Å². The van der Waals surface area contributed by atoms with Crippen molar-refractivity contribution in [2.75, 3.05) is 11.5 Å². The van der Waals surface area contributed by atoms with E-state index in [0.717, 1.165) is 47.3 Å². The van der Waals surface area contributed by atoms with Gasteiger partial charge in [-0.25, -0.2) is 26.8 Å². The number of hydrogen-bond donors (Lipinski definition) is 0. The number of aromatic nitrogens is 9. The maximum atomic E-state index is 13.8. The first kappa shape index (κ1) is 55.3. The molecule has 0 bridgehead atoms. The second-order valence-corrected chi connectivity index (χ2v) is 24.3. The quantitative estimate of drug-likeness (QED) is 0.0936. The molecular weight excluding hydrogens is 1080 g/mol. The lowest BCUT2D eigenvalue weighted by atomic mass is 9.80. The minimum atomic E-state index is -4.83. The molecule has 7 aromatic rings. The lowest BCUT2D eigenvalue weighted by Gasteiger charge is -2.32. The highest BCUT2D eigenvalue weighted by atomic mass is 32.2. The van der Waals surface area contributed by atoms with Gasteiger partial charge in [0.1, 0.15) is 33.8 Å².